The zero-order valence-electron chi connectivity index (χ0n) is 9.29. The molecule has 0 aliphatic carbocycles. The second-order valence-corrected chi connectivity index (χ2v) is 3.23. The maximum atomic E-state index is 11.5. The predicted octanol–water partition coefficient (Wildman–Crippen LogP) is 1.00. The molecule has 0 fully saturated rings. The van der Waals surface area contributed by atoms with E-state index in [2.05, 4.69) is 15.3 Å². The van der Waals surface area contributed by atoms with E-state index < -0.39 is 0 Å². The molecular formula is C10H18N4O. The van der Waals surface area contributed by atoms with Gasteiger partial charge in [0.2, 0.25) is 0 Å². The molecule has 1 rings (SSSR count). The summed E-state index contributed by atoms with van der Waals surface area (Å²) in [6.07, 6.45) is 4.19. The van der Waals surface area contributed by atoms with Crippen molar-refractivity contribution in [3.63, 3.8) is 0 Å². The number of hydrogen-bond acceptors (Lipinski definition) is 2. The molecule has 2 N–H and O–H groups in total. The number of H-pyrrole nitrogens is 1. The van der Waals surface area contributed by atoms with Crippen molar-refractivity contribution in [3.05, 3.63) is 18.2 Å². The zero-order valence-corrected chi connectivity index (χ0v) is 9.29. The first-order valence-corrected chi connectivity index (χ1v) is 5.28. The van der Waals surface area contributed by atoms with E-state index in [9.17, 15) is 4.79 Å². The molecule has 0 radical (unpaired) electrons. The molecule has 2 amide bonds. The predicted molar refractivity (Wildman–Crippen MR) is 58.6 cm³/mol. The van der Waals surface area contributed by atoms with E-state index in [1.165, 1.54) is 0 Å². The van der Waals surface area contributed by atoms with Gasteiger partial charge in [-0.2, -0.15) is 0 Å². The number of aromatic nitrogens is 2. The summed E-state index contributed by atoms with van der Waals surface area (Å²) in [5, 5.41) is 2.86. The number of urea groups is 1. The summed E-state index contributed by atoms with van der Waals surface area (Å²) >= 11 is 0. The summed E-state index contributed by atoms with van der Waals surface area (Å²) < 4.78 is 0. The van der Waals surface area contributed by atoms with Crippen molar-refractivity contribution in [3.8, 4) is 0 Å². The van der Waals surface area contributed by atoms with Crippen molar-refractivity contribution in [1.82, 2.24) is 20.2 Å². The quantitative estimate of drug-likeness (QED) is 0.761. The molecule has 0 aromatic carbocycles. The average Bonchev–Trinajstić information content (AvgIpc) is 2.72. The van der Waals surface area contributed by atoms with Crippen molar-refractivity contribution < 1.29 is 4.79 Å². The molecule has 1 aromatic heterocycles. The minimum atomic E-state index is -0.000449. The van der Waals surface area contributed by atoms with E-state index in [1.807, 2.05) is 13.8 Å². The Morgan fingerprint density at radius 2 is 2.27 bits per heavy atom. The van der Waals surface area contributed by atoms with Crippen molar-refractivity contribution in [2.24, 2.45) is 0 Å². The van der Waals surface area contributed by atoms with Crippen molar-refractivity contribution >= 4 is 6.03 Å². The third kappa shape index (κ3) is 3.61. The largest absolute Gasteiger partial charge is 0.348 e. The Hall–Kier alpha value is -1.52. The number of hydrogen-bond donors (Lipinski definition) is 2. The smallest absolute Gasteiger partial charge is 0.317 e. The summed E-state index contributed by atoms with van der Waals surface area (Å²) in [5.74, 6) is 0. The molecule has 84 valence electrons. The number of imidazole rings is 1. The maximum absolute atomic E-state index is 11.5. The summed E-state index contributed by atoms with van der Waals surface area (Å²) in [6.45, 7) is 6.06. The molecule has 0 bridgehead atoms. The van der Waals surface area contributed by atoms with Crippen LogP contribution in [0, 0.1) is 0 Å². The normalized spacial score (nSPS) is 10.0. The van der Waals surface area contributed by atoms with Crippen LogP contribution in [0.5, 0.6) is 0 Å². The van der Waals surface area contributed by atoms with Crippen LogP contribution in [0.2, 0.25) is 0 Å². The molecular weight excluding hydrogens is 192 g/mol. The van der Waals surface area contributed by atoms with Gasteiger partial charge < -0.3 is 15.2 Å². The molecule has 0 unspecified atom stereocenters. The molecule has 5 nitrogen and oxygen atoms in total. The van der Waals surface area contributed by atoms with Crippen molar-refractivity contribution in [2.75, 3.05) is 19.6 Å². The summed E-state index contributed by atoms with van der Waals surface area (Å²) in [7, 11) is 0. The Balaban J connectivity index is 2.22. The number of aromatic amines is 1. The lowest BCUT2D eigenvalue weighted by Crippen LogP contribution is -2.40. The third-order valence-electron chi connectivity index (χ3n) is 2.28. The fraction of sp³-hybridized carbons (Fsp3) is 0.600. The average molecular weight is 210 g/mol. The van der Waals surface area contributed by atoms with Crippen LogP contribution >= 0.6 is 0 Å². The first kappa shape index (κ1) is 11.6. The van der Waals surface area contributed by atoms with Gasteiger partial charge in [0.05, 0.1) is 6.33 Å². The Kier molecular flexibility index (Phi) is 4.66. The second-order valence-electron chi connectivity index (χ2n) is 3.23. The van der Waals surface area contributed by atoms with Gasteiger partial charge in [-0.1, -0.05) is 0 Å². The summed E-state index contributed by atoms with van der Waals surface area (Å²) in [5.41, 5.74) is 1.04. The second kappa shape index (κ2) is 6.06. The van der Waals surface area contributed by atoms with Crippen LogP contribution in [0.4, 0.5) is 4.79 Å². The first-order valence-electron chi connectivity index (χ1n) is 5.28. The Labute approximate surface area is 89.9 Å². The van der Waals surface area contributed by atoms with Crippen LogP contribution in [-0.4, -0.2) is 40.5 Å². The van der Waals surface area contributed by atoms with Crippen LogP contribution in [0.3, 0.4) is 0 Å². The molecule has 0 aliphatic heterocycles. The number of rotatable bonds is 5. The van der Waals surface area contributed by atoms with E-state index in [1.54, 1.807) is 17.4 Å². The van der Waals surface area contributed by atoms with E-state index in [-0.39, 0.29) is 6.03 Å². The molecule has 1 aromatic rings. The highest BCUT2D eigenvalue weighted by Gasteiger charge is 2.07. The van der Waals surface area contributed by atoms with Gasteiger partial charge in [-0.25, -0.2) is 9.78 Å². The number of nitrogens with zero attached hydrogens (tertiary/aromatic N) is 2. The molecule has 5 heteroatoms. The lowest BCUT2D eigenvalue weighted by atomic mass is 10.3. The standard InChI is InChI=1S/C10H18N4O/c1-3-14(4-2)10(15)12-6-5-9-7-11-8-13-9/h7-8H,3-6H2,1-2H3,(H,11,13)(H,12,15). The van der Waals surface area contributed by atoms with Gasteiger partial charge >= 0.3 is 6.03 Å². The van der Waals surface area contributed by atoms with Crippen LogP contribution in [-0.2, 0) is 6.42 Å². The van der Waals surface area contributed by atoms with E-state index >= 15 is 0 Å². The number of carbonyl (C=O) groups excluding carboxylic acids is 1. The van der Waals surface area contributed by atoms with Crippen LogP contribution in [0.1, 0.15) is 19.5 Å². The van der Waals surface area contributed by atoms with Crippen molar-refractivity contribution in [1.29, 1.82) is 0 Å². The SMILES string of the molecule is CCN(CC)C(=O)NCCc1cnc[nH]1. The van der Waals surface area contributed by atoms with Gasteiger partial charge in [0.15, 0.2) is 0 Å². The highest BCUT2D eigenvalue weighted by atomic mass is 16.2. The van der Waals surface area contributed by atoms with Gasteiger partial charge in [0.25, 0.3) is 0 Å². The summed E-state index contributed by atoms with van der Waals surface area (Å²) in [4.78, 5) is 20.2. The lowest BCUT2D eigenvalue weighted by molar-refractivity contribution is 0.203. The number of carbonyl (C=O) groups is 1. The molecule has 0 saturated carbocycles. The van der Waals surface area contributed by atoms with E-state index in [0.717, 1.165) is 25.2 Å². The minimum absolute atomic E-state index is 0.000449. The van der Waals surface area contributed by atoms with Crippen molar-refractivity contribution in [2.45, 2.75) is 20.3 Å². The monoisotopic (exact) mass is 210 g/mol. The number of amides is 2. The Bertz CT molecular complexity index is 280. The van der Waals surface area contributed by atoms with Gasteiger partial charge in [0.1, 0.15) is 0 Å². The van der Waals surface area contributed by atoms with E-state index in [0.29, 0.717) is 6.54 Å². The minimum Gasteiger partial charge on any atom is -0.348 e. The molecule has 15 heavy (non-hydrogen) atoms. The summed E-state index contributed by atoms with van der Waals surface area (Å²) in [6, 6.07) is -0.000449. The van der Waals surface area contributed by atoms with Crippen LogP contribution < -0.4 is 5.32 Å². The Morgan fingerprint density at radius 1 is 1.53 bits per heavy atom. The highest BCUT2D eigenvalue weighted by Crippen LogP contribution is 1.92. The highest BCUT2D eigenvalue weighted by molar-refractivity contribution is 5.74. The van der Waals surface area contributed by atoms with Gasteiger partial charge in [-0.15, -0.1) is 0 Å². The van der Waals surface area contributed by atoms with Gasteiger partial charge in [0, 0.05) is 37.9 Å². The van der Waals surface area contributed by atoms with Gasteiger partial charge in [-0.05, 0) is 13.8 Å². The first-order chi connectivity index (χ1) is 7.27. The molecule has 1 heterocycles. The molecule has 0 atom stereocenters. The fourth-order valence-electron chi connectivity index (χ4n) is 1.35. The van der Waals surface area contributed by atoms with E-state index in [4.69, 9.17) is 0 Å². The number of nitrogens with one attached hydrogen (secondary N) is 2. The molecule has 0 saturated heterocycles. The molecule has 0 spiro atoms. The van der Waals surface area contributed by atoms with Crippen LogP contribution in [0.25, 0.3) is 0 Å². The third-order valence-corrected chi connectivity index (χ3v) is 2.28. The van der Waals surface area contributed by atoms with Crippen LogP contribution in [0.15, 0.2) is 12.5 Å². The van der Waals surface area contributed by atoms with Gasteiger partial charge in [-0.3, -0.25) is 0 Å². The lowest BCUT2D eigenvalue weighted by Gasteiger charge is -2.18. The fourth-order valence-corrected chi connectivity index (χ4v) is 1.35. The topological polar surface area (TPSA) is 61.0 Å². The zero-order chi connectivity index (χ0) is 11.1. The Morgan fingerprint density at radius 3 is 2.80 bits per heavy atom. The maximum Gasteiger partial charge on any atom is 0.317 e. The molecule has 0 aliphatic rings.